The Morgan fingerprint density at radius 1 is 0.900 bits per heavy atom. The number of aryl methyl sites for hydroxylation is 2. The zero-order valence-electron chi connectivity index (χ0n) is 17.5. The van der Waals surface area contributed by atoms with Crippen LogP contribution in [-0.4, -0.2) is 58.1 Å². The average molecular weight is 448 g/mol. The molecule has 0 saturated carbocycles. The number of piperazine rings is 1. The maximum atomic E-state index is 13.4. The van der Waals surface area contributed by atoms with Gasteiger partial charge in [-0.05, 0) is 62.1 Å². The van der Waals surface area contributed by atoms with Crippen molar-refractivity contribution in [1.29, 1.82) is 0 Å². The summed E-state index contributed by atoms with van der Waals surface area (Å²) in [6.07, 6.45) is 0. The Morgan fingerprint density at radius 2 is 1.47 bits per heavy atom. The smallest absolute Gasteiger partial charge is 0.285 e. The van der Waals surface area contributed by atoms with Crippen LogP contribution in [0.15, 0.2) is 44.5 Å². The first-order valence-electron chi connectivity index (χ1n) is 9.81. The molecule has 0 N–H and O–H groups in total. The Bertz CT molecular complexity index is 1250. The van der Waals surface area contributed by atoms with E-state index in [1.807, 2.05) is 38.7 Å². The molecule has 0 atom stereocenters. The molecule has 2 aliphatic heterocycles. The van der Waals surface area contributed by atoms with Crippen LogP contribution in [0.3, 0.4) is 0 Å². The van der Waals surface area contributed by atoms with Crippen molar-refractivity contribution >= 4 is 25.9 Å². The number of rotatable bonds is 2. The summed E-state index contributed by atoms with van der Waals surface area (Å²) in [6, 6.07) is 8.75. The highest BCUT2D eigenvalue weighted by molar-refractivity contribution is 7.90. The van der Waals surface area contributed by atoms with Gasteiger partial charge in [-0.3, -0.25) is 0 Å². The monoisotopic (exact) mass is 447 g/mol. The summed E-state index contributed by atoms with van der Waals surface area (Å²) in [4.78, 5) is 2.45. The van der Waals surface area contributed by atoms with E-state index in [1.54, 1.807) is 24.3 Å². The summed E-state index contributed by atoms with van der Waals surface area (Å²) in [5, 5.41) is 0. The van der Waals surface area contributed by atoms with Crippen molar-refractivity contribution in [2.45, 2.75) is 37.5 Å². The fourth-order valence-corrected chi connectivity index (χ4v) is 7.38. The van der Waals surface area contributed by atoms with Gasteiger partial charge < -0.3 is 4.90 Å². The minimum atomic E-state index is -3.70. The number of amidine groups is 1. The van der Waals surface area contributed by atoms with Crippen molar-refractivity contribution in [2.75, 3.05) is 26.2 Å². The molecule has 4 rings (SSSR count). The summed E-state index contributed by atoms with van der Waals surface area (Å²) in [7, 11) is -7.35. The quantitative estimate of drug-likeness (QED) is 0.705. The maximum Gasteiger partial charge on any atom is 0.285 e. The first-order valence-corrected chi connectivity index (χ1v) is 12.7. The number of benzene rings is 2. The van der Waals surface area contributed by atoms with Crippen molar-refractivity contribution < 1.29 is 16.8 Å². The SMILES string of the molecule is Cc1cc(C)c(C)c(S(=O)(=O)N2CCN(C3=NS(=O)(=O)c4ccccc43)CC2)c1C. The fourth-order valence-electron chi connectivity index (χ4n) is 4.15. The van der Waals surface area contributed by atoms with E-state index >= 15 is 0 Å². The molecule has 0 unspecified atom stereocenters. The molecule has 9 heteroatoms. The van der Waals surface area contributed by atoms with E-state index < -0.39 is 20.0 Å². The van der Waals surface area contributed by atoms with Crippen LogP contribution in [0.5, 0.6) is 0 Å². The molecule has 0 radical (unpaired) electrons. The molecule has 0 aliphatic carbocycles. The minimum Gasteiger partial charge on any atom is -0.353 e. The first kappa shape index (κ1) is 21.0. The van der Waals surface area contributed by atoms with Gasteiger partial charge in [-0.15, -0.1) is 4.40 Å². The Morgan fingerprint density at radius 3 is 2.07 bits per heavy atom. The predicted octanol–water partition coefficient (Wildman–Crippen LogP) is 2.38. The minimum absolute atomic E-state index is 0.205. The molecule has 160 valence electrons. The normalized spacial score (nSPS) is 18.9. The summed E-state index contributed by atoms with van der Waals surface area (Å²) >= 11 is 0. The molecular weight excluding hydrogens is 422 g/mol. The van der Waals surface area contributed by atoms with Crippen molar-refractivity contribution in [2.24, 2.45) is 4.40 Å². The molecule has 0 amide bonds. The second kappa shape index (κ2) is 7.18. The van der Waals surface area contributed by atoms with Crippen LogP contribution in [0.1, 0.15) is 27.8 Å². The lowest BCUT2D eigenvalue weighted by Crippen LogP contribution is -2.50. The van der Waals surface area contributed by atoms with Crippen LogP contribution in [0.25, 0.3) is 0 Å². The standard InChI is InChI=1S/C21H25N3O4S2/c1-14-13-15(2)17(4)20(16(14)3)30(27,28)24-11-9-23(10-12-24)21-18-7-5-6-8-19(18)29(25,26)22-21/h5-8,13H,9-12H2,1-4H3. The molecular formula is C21H25N3O4S2. The fraction of sp³-hybridized carbons (Fsp3) is 0.381. The Hall–Kier alpha value is -2.23. The van der Waals surface area contributed by atoms with Crippen LogP contribution in [0, 0.1) is 27.7 Å². The molecule has 2 aliphatic rings. The van der Waals surface area contributed by atoms with Crippen LogP contribution >= 0.6 is 0 Å². The molecule has 1 saturated heterocycles. The lowest BCUT2D eigenvalue weighted by molar-refractivity contribution is 0.266. The third-order valence-electron chi connectivity index (χ3n) is 6.05. The number of hydrogen-bond donors (Lipinski definition) is 0. The molecule has 1 fully saturated rings. The summed E-state index contributed by atoms with van der Waals surface area (Å²) < 4.78 is 57.0. The molecule has 0 bridgehead atoms. The lowest BCUT2D eigenvalue weighted by Gasteiger charge is -2.35. The molecule has 0 spiro atoms. The summed E-state index contributed by atoms with van der Waals surface area (Å²) in [5.41, 5.74) is 4.05. The average Bonchev–Trinajstić information content (AvgIpc) is 2.98. The second-order valence-corrected chi connectivity index (χ2v) is 11.3. The third kappa shape index (κ3) is 3.25. The van der Waals surface area contributed by atoms with E-state index in [-0.39, 0.29) is 18.0 Å². The van der Waals surface area contributed by atoms with Gasteiger partial charge in [0.05, 0.1) is 4.90 Å². The van der Waals surface area contributed by atoms with E-state index in [0.717, 1.165) is 22.3 Å². The molecule has 7 nitrogen and oxygen atoms in total. The van der Waals surface area contributed by atoms with E-state index in [1.165, 1.54) is 4.31 Å². The third-order valence-corrected chi connectivity index (χ3v) is 9.54. The second-order valence-electron chi connectivity index (χ2n) is 7.87. The van der Waals surface area contributed by atoms with E-state index in [0.29, 0.717) is 29.4 Å². The molecule has 0 aromatic heterocycles. The number of hydrogen-bond acceptors (Lipinski definition) is 5. The van der Waals surface area contributed by atoms with Crippen molar-refractivity contribution in [3.8, 4) is 0 Å². The predicted molar refractivity (Wildman–Crippen MR) is 116 cm³/mol. The lowest BCUT2D eigenvalue weighted by atomic mass is 10.0. The van der Waals surface area contributed by atoms with Crippen LogP contribution in [-0.2, 0) is 20.0 Å². The van der Waals surface area contributed by atoms with E-state index in [9.17, 15) is 16.8 Å². The van der Waals surface area contributed by atoms with Gasteiger partial charge in [-0.1, -0.05) is 18.2 Å². The topological polar surface area (TPSA) is 87.1 Å². The van der Waals surface area contributed by atoms with Gasteiger partial charge in [0.1, 0.15) is 4.90 Å². The Balaban J connectivity index is 1.61. The van der Waals surface area contributed by atoms with Gasteiger partial charge in [0.25, 0.3) is 10.0 Å². The van der Waals surface area contributed by atoms with Gasteiger partial charge in [0, 0.05) is 31.7 Å². The highest BCUT2D eigenvalue weighted by atomic mass is 32.2. The van der Waals surface area contributed by atoms with Crippen molar-refractivity contribution in [3.05, 3.63) is 58.1 Å². The zero-order chi connectivity index (χ0) is 21.8. The van der Waals surface area contributed by atoms with E-state index in [2.05, 4.69) is 4.40 Å². The Labute approximate surface area is 178 Å². The largest absolute Gasteiger partial charge is 0.353 e. The van der Waals surface area contributed by atoms with Crippen LogP contribution in [0.4, 0.5) is 0 Å². The first-order chi connectivity index (χ1) is 14.0. The van der Waals surface area contributed by atoms with Gasteiger partial charge >= 0.3 is 0 Å². The van der Waals surface area contributed by atoms with Gasteiger partial charge in [-0.25, -0.2) is 8.42 Å². The van der Waals surface area contributed by atoms with Crippen molar-refractivity contribution in [1.82, 2.24) is 9.21 Å². The zero-order valence-corrected chi connectivity index (χ0v) is 19.1. The molecule has 30 heavy (non-hydrogen) atoms. The van der Waals surface area contributed by atoms with Gasteiger partial charge in [0.15, 0.2) is 5.84 Å². The highest BCUT2D eigenvalue weighted by Crippen LogP contribution is 2.31. The van der Waals surface area contributed by atoms with E-state index in [4.69, 9.17) is 0 Å². The number of fused-ring (bicyclic) bond motifs is 1. The van der Waals surface area contributed by atoms with Crippen LogP contribution < -0.4 is 0 Å². The summed E-state index contributed by atoms with van der Waals surface area (Å²) in [5.74, 6) is 0.404. The number of sulfonamides is 2. The maximum absolute atomic E-state index is 13.4. The van der Waals surface area contributed by atoms with Crippen molar-refractivity contribution in [3.63, 3.8) is 0 Å². The summed E-state index contributed by atoms with van der Waals surface area (Å²) in [6.45, 7) is 8.85. The number of nitrogens with zero attached hydrogens (tertiary/aromatic N) is 3. The van der Waals surface area contributed by atoms with Gasteiger partial charge in [0.2, 0.25) is 10.0 Å². The Kier molecular flexibility index (Phi) is 5.03. The molecule has 2 aromatic rings. The van der Waals surface area contributed by atoms with Gasteiger partial charge in [-0.2, -0.15) is 12.7 Å². The van der Waals surface area contributed by atoms with Crippen LogP contribution in [0.2, 0.25) is 0 Å². The molecule has 2 heterocycles. The highest BCUT2D eigenvalue weighted by Gasteiger charge is 2.36. The molecule has 2 aromatic carbocycles.